The summed E-state index contributed by atoms with van der Waals surface area (Å²) in [5.74, 6) is 0.869. The summed E-state index contributed by atoms with van der Waals surface area (Å²) >= 11 is 0. The van der Waals surface area contributed by atoms with Gasteiger partial charge in [0.2, 0.25) is 6.41 Å². The Morgan fingerprint density at radius 3 is 2.14 bits per heavy atom. The highest BCUT2D eigenvalue weighted by Crippen LogP contribution is 2.19. The summed E-state index contributed by atoms with van der Waals surface area (Å²) in [6.45, 7) is 12.4. The van der Waals surface area contributed by atoms with Crippen molar-refractivity contribution in [2.75, 3.05) is 7.11 Å². The molecule has 0 heterocycles. The van der Waals surface area contributed by atoms with Crippen LogP contribution in [0.25, 0.3) is 0 Å². The van der Waals surface area contributed by atoms with Gasteiger partial charge in [-0.05, 0) is 57.8 Å². The number of carbonyl (C=O) groups is 1. The van der Waals surface area contributed by atoms with Gasteiger partial charge in [0.1, 0.15) is 5.76 Å². The second-order valence-corrected chi connectivity index (χ2v) is 5.58. The fourth-order valence-corrected chi connectivity index (χ4v) is 2.34. The summed E-state index contributed by atoms with van der Waals surface area (Å²) in [7, 11) is 1.68. The van der Waals surface area contributed by atoms with Gasteiger partial charge in [0.25, 0.3) is 0 Å². The van der Waals surface area contributed by atoms with Crippen LogP contribution in [0.15, 0.2) is 35.1 Å². The van der Waals surface area contributed by atoms with Crippen LogP contribution in [0, 0.1) is 0 Å². The van der Waals surface area contributed by atoms with Gasteiger partial charge in [-0.15, -0.1) is 0 Å². The third-order valence-electron chi connectivity index (χ3n) is 3.43. The van der Waals surface area contributed by atoms with Gasteiger partial charge in [-0.2, -0.15) is 0 Å². The largest absolute Gasteiger partial charge is 0.497 e. The molecule has 0 aromatic heterocycles. The molecule has 1 amide bonds. The smallest absolute Gasteiger partial charge is 0.210 e. The molecule has 0 unspecified atom stereocenters. The predicted octanol–water partition coefficient (Wildman–Crippen LogP) is 4.46. The molecule has 0 radical (unpaired) electrons. The van der Waals surface area contributed by atoms with Crippen molar-refractivity contribution in [2.24, 2.45) is 0 Å². The molecule has 0 saturated heterocycles. The van der Waals surface area contributed by atoms with Crippen molar-refractivity contribution in [3.8, 4) is 0 Å². The Morgan fingerprint density at radius 1 is 1.19 bits per heavy atom. The predicted molar refractivity (Wildman–Crippen MR) is 90.0 cm³/mol. The van der Waals surface area contributed by atoms with E-state index in [9.17, 15) is 4.79 Å². The number of amides is 1. The van der Waals surface area contributed by atoms with Gasteiger partial charge >= 0.3 is 0 Å². The van der Waals surface area contributed by atoms with E-state index < -0.39 is 0 Å². The van der Waals surface area contributed by atoms with Crippen molar-refractivity contribution in [1.82, 2.24) is 4.90 Å². The first-order chi connectivity index (χ1) is 9.92. The molecule has 0 spiro atoms. The second kappa shape index (κ2) is 10.3. The number of carbonyl (C=O) groups excluding carboxylic acids is 1. The zero-order chi connectivity index (χ0) is 16.4. The average Bonchev–Trinajstić information content (AvgIpc) is 2.43. The lowest BCUT2D eigenvalue weighted by atomic mass is 9.99. The average molecular weight is 293 g/mol. The van der Waals surface area contributed by atoms with E-state index in [0.717, 1.165) is 36.2 Å². The van der Waals surface area contributed by atoms with Crippen molar-refractivity contribution in [3.63, 3.8) is 0 Å². The second-order valence-electron chi connectivity index (χ2n) is 5.58. The van der Waals surface area contributed by atoms with Crippen LogP contribution in [-0.4, -0.2) is 30.5 Å². The lowest BCUT2D eigenvalue weighted by Crippen LogP contribution is -2.40. The van der Waals surface area contributed by atoms with E-state index >= 15 is 0 Å². The van der Waals surface area contributed by atoms with Crippen molar-refractivity contribution in [2.45, 2.75) is 66.5 Å². The molecule has 0 aliphatic heterocycles. The monoisotopic (exact) mass is 293 g/mol. The first-order valence-electron chi connectivity index (χ1n) is 7.75. The zero-order valence-corrected chi connectivity index (χ0v) is 14.6. The molecule has 0 fully saturated rings. The molecule has 0 rings (SSSR count). The van der Waals surface area contributed by atoms with Crippen LogP contribution in [0.5, 0.6) is 0 Å². The Hall–Kier alpha value is -1.51. The molecule has 21 heavy (non-hydrogen) atoms. The highest BCUT2D eigenvalue weighted by molar-refractivity contribution is 5.50. The summed E-state index contributed by atoms with van der Waals surface area (Å²) in [4.78, 5) is 13.3. The number of methoxy groups -OCH3 is 1. The number of ether oxygens (including phenoxy) is 1. The number of hydrogen-bond donors (Lipinski definition) is 0. The van der Waals surface area contributed by atoms with Crippen molar-refractivity contribution < 1.29 is 9.53 Å². The molecule has 0 bridgehead atoms. The van der Waals surface area contributed by atoms with E-state index in [-0.39, 0.29) is 12.1 Å². The Morgan fingerprint density at radius 2 is 1.81 bits per heavy atom. The third-order valence-corrected chi connectivity index (χ3v) is 3.43. The van der Waals surface area contributed by atoms with Crippen LogP contribution in [0.3, 0.4) is 0 Å². The van der Waals surface area contributed by atoms with Crippen LogP contribution >= 0.6 is 0 Å². The highest BCUT2D eigenvalue weighted by Gasteiger charge is 2.20. The number of hydrogen-bond acceptors (Lipinski definition) is 2. The normalized spacial score (nSPS) is 13.4. The lowest BCUT2D eigenvalue weighted by Gasteiger charge is -2.32. The Bertz CT molecular complexity index is 401. The SMILES string of the molecule is CC/C=C(\C=C/C(OC)=C(C)C)[C@@H](CC)N(C=O)C(C)C. The van der Waals surface area contributed by atoms with Crippen LogP contribution < -0.4 is 0 Å². The maximum Gasteiger partial charge on any atom is 0.210 e. The lowest BCUT2D eigenvalue weighted by molar-refractivity contribution is -0.121. The van der Waals surface area contributed by atoms with Crippen molar-refractivity contribution in [1.29, 1.82) is 0 Å². The number of allylic oxidation sites excluding steroid dienone is 3. The first-order valence-corrected chi connectivity index (χ1v) is 7.75. The van der Waals surface area contributed by atoms with E-state index in [1.54, 1.807) is 7.11 Å². The van der Waals surface area contributed by atoms with Gasteiger partial charge < -0.3 is 9.64 Å². The van der Waals surface area contributed by atoms with E-state index in [1.807, 2.05) is 38.7 Å². The van der Waals surface area contributed by atoms with Gasteiger partial charge in [0, 0.05) is 6.04 Å². The van der Waals surface area contributed by atoms with Crippen LogP contribution in [-0.2, 0) is 9.53 Å². The summed E-state index contributed by atoms with van der Waals surface area (Å²) in [5.41, 5.74) is 2.30. The van der Waals surface area contributed by atoms with E-state index in [4.69, 9.17) is 4.74 Å². The molecular formula is C18H31NO2. The van der Waals surface area contributed by atoms with E-state index in [0.29, 0.717) is 0 Å². The fraction of sp³-hybridized carbons (Fsp3) is 0.611. The topological polar surface area (TPSA) is 29.5 Å². The van der Waals surface area contributed by atoms with Gasteiger partial charge in [-0.25, -0.2) is 0 Å². The van der Waals surface area contributed by atoms with Crippen molar-refractivity contribution in [3.05, 3.63) is 35.1 Å². The maximum absolute atomic E-state index is 11.4. The molecule has 120 valence electrons. The number of nitrogens with zero attached hydrogens (tertiary/aromatic N) is 1. The minimum atomic E-state index is 0.106. The summed E-state index contributed by atoms with van der Waals surface area (Å²) in [6.07, 6.45) is 9.03. The number of rotatable bonds is 9. The molecule has 0 aliphatic rings. The zero-order valence-electron chi connectivity index (χ0n) is 14.6. The summed E-state index contributed by atoms with van der Waals surface area (Å²) < 4.78 is 5.37. The molecule has 0 saturated carbocycles. The minimum absolute atomic E-state index is 0.106. The van der Waals surface area contributed by atoms with Gasteiger partial charge in [0.05, 0.1) is 13.2 Å². The van der Waals surface area contributed by atoms with Crippen molar-refractivity contribution >= 4 is 6.41 Å². The molecular weight excluding hydrogens is 262 g/mol. The molecule has 0 aliphatic carbocycles. The quantitative estimate of drug-likeness (QED) is 0.357. The molecule has 0 aromatic carbocycles. The summed E-state index contributed by atoms with van der Waals surface area (Å²) in [5, 5.41) is 0. The first kappa shape index (κ1) is 19.5. The molecule has 1 atom stereocenters. The van der Waals surface area contributed by atoms with Crippen LogP contribution in [0.1, 0.15) is 54.4 Å². The minimum Gasteiger partial charge on any atom is -0.497 e. The highest BCUT2D eigenvalue weighted by atomic mass is 16.5. The van der Waals surface area contributed by atoms with E-state index in [2.05, 4.69) is 26.0 Å². The molecule has 0 N–H and O–H groups in total. The van der Waals surface area contributed by atoms with Crippen LogP contribution in [0.4, 0.5) is 0 Å². The Kier molecular flexibility index (Phi) is 9.51. The van der Waals surface area contributed by atoms with Gasteiger partial charge in [-0.3, -0.25) is 4.79 Å². The fourth-order valence-electron chi connectivity index (χ4n) is 2.34. The Balaban J connectivity index is 5.48. The Labute approximate surface area is 130 Å². The molecule has 0 aromatic rings. The third kappa shape index (κ3) is 6.19. The van der Waals surface area contributed by atoms with Gasteiger partial charge in [0.15, 0.2) is 0 Å². The molecule has 3 nitrogen and oxygen atoms in total. The van der Waals surface area contributed by atoms with E-state index in [1.165, 1.54) is 0 Å². The molecule has 3 heteroatoms. The standard InChI is InChI=1S/C18H31NO2/c1-8-10-16(11-12-18(21-7)14(3)4)17(9-2)19(13-20)15(5)6/h10-13,15,17H,8-9H2,1-7H3/b12-11-,16-10+/t17-/m1/s1. The summed E-state index contributed by atoms with van der Waals surface area (Å²) in [6, 6.07) is 0.292. The van der Waals surface area contributed by atoms with Crippen LogP contribution in [0.2, 0.25) is 0 Å². The van der Waals surface area contributed by atoms with Gasteiger partial charge in [-0.1, -0.05) is 26.0 Å². The maximum atomic E-state index is 11.4.